The number of imidazole rings is 1. The predicted molar refractivity (Wildman–Crippen MR) is 73.1 cm³/mol. The summed E-state index contributed by atoms with van der Waals surface area (Å²) in [7, 11) is 0. The van der Waals surface area contributed by atoms with Crippen LogP contribution in [-0.4, -0.2) is 47.5 Å². The molecule has 1 saturated heterocycles. The molecular weight excluding hydrogens is 278 g/mol. The summed E-state index contributed by atoms with van der Waals surface area (Å²) in [6.07, 6.45) is -1.07. The van der Waals surface area contributed by atoms with Crippen molar-refractivity contribution in [3.63, 3.8) is 0 Å². The normalized spacial score (nSPS) is 32.9. The van der Waals surface area contributed by atoms with Crippen molar-refractivity contribution in [2.75, 3.05) is 5.73 Å². The topological polar surface area (TPSA) is 139 Å². The highest BCUT2D eigenvalue weighted by atomic mass is 16.6. The van der Waals surface area contributed by atoms with E-state index >= 15 is 0 Å². The second-order valence-corrected chi connectivity index (χ2v) is 5.26. The quantitative estimate of drug-likeness (QED) is 0.553. The number of hydrogen-bond acceptors (Lipinski definition) is 7. The third-order valence-electron chi connectivity index (χ3n) is 3.74. The average molecular weight is 294 g/mol. The van der Waals surface area contributed by atoms with Gasteiger partial charge in [0.2, 0.25) is 5.95 Å². The lowest BCUT2D eigenvalue weighted by atomic mass is 9.95. The molecule has 0 unspecified atom stereocenters. The van der Waals surface area contributed by atoms with Crippen LogP contribution in [0.2, 0.25) is 0 Å². The molecule has 0 bridgehead atoms. The van der Waals surface area contributed by atoms with Gasteiger partial charge in [0.15, 0.2) is 17.4 Å². The molecule has 1 radical (unpaired) electrons. The molecule has 0 aliphatic carbocycles. The fourth-order valence-corrected chi connectivity index (χ4v) is 2.59. The van der Waals surface area contributed by atoms with Gasteiger partial charge in [0.25, 0.3) is 5.56 Å². The molecule has 113 valence electrons. The van der Waals surface area contributed by atoms with Crippen LogP contribution < -0.4 is 11.3 Å². The molecule has 0 aromatic carbocycles. The number of aromatic amines is 1. The highest BCUT2D eigenvalue weighted by Gasteiger charge is 2.52. The second kappa shape index (κ2) is 4.52. The lowest BCUT2D eigenvalue weighted by molar-refractivity contribution is -0.0938. The molecule has 1 aliphatic rings. The average Bonchev–Trinajstić information content (AvgIpc) is 2.91. The first-order valence-electron chi connectivity index (χ1n) is 6.43. The van der Waals surface area contributed by atoms with Crippen molar-refractivity contribution in [2.45, 2.75) is 37.4 Å². The number of anilines is 1. The Labute approximate surface area is 119 Å². The molecule has 0 amide bonds. The van der Waals surface area contributed by atoms with E-state index in [2.05, 4.69) is 21.9 Å². The summed E-state index contributed by atoms with van der Waals surface area (Å²) in [5.74, 6) is -0.0684. The van der Waals surface area contributed by atoms with Crippen LogP contribution in [0.5, 0.6) is 0 Å². The summed E-state index contributed by atoms with van der Waals surface area (Å²) >= 11 is 0. The van der Waals surface area contributed by atoms with Gasteiger partial charge in [0.1, 0.15) is 11.7 Å². The Morgan fingerprint density at radius 3 is 3.00 bits per heavy atom. The van der Waals surface area contributed by atoms with E-state index in [1.165, 1.54) is 17.8 Å². The summed E-state index contributed by atoms with van der Waals surface area (Å²) in [5, 5.41) is 20.6. The van der Waals surface area contributed by atoms with E-state index in [4.69, 9.17) is 10.5 Å². The molecule has 4 atom stereocenters. The minimum atomic E-state index is -1.57. The predicted octanol–water partition coefficient (Wildman–Crippen LogP) is -1.06. The monoisotopic (exact) mass is 294 g/mol. The van der Waals surface area contributed by atoms with Crippen LogP contribution in [0.3, 0.4) is 0 Å². The molecular formula is C12H16N5O4. The number of nitrogen functional groups attached to an aromatic ring is 1. The molecule has 9 heteroatoms. The molecule has 0 saturated carbocycles. The Hall–Kier alpha value is -1.97. The van der Waals surface area contributed by atoms with E-state index in [0.29, 0.717) is 0 Å². The zero-order valence-corrected chi connectivity index (χ0v) is 11.4. The third kappa shape index (κ3) is 1.93. The molecule has 3 rings (SSSR count). The number of ether oxygens (including phenoxy) is 1. The Bertz CT molecular complexity index is 737. The lowest BCUT2D eigenvalue weighted by Gasteiger charge is -2.27. The van der Waals surface area contributed by atoms with Gasteiger partial charge in [-0.05, 0) is 13.3 Å². The lowest BCUT2D eigenvalue weighted by Crippen LogP contribution is -2.43. The first-order valence-corrected chi connectivity index (χ1v) is 6.43. The van der Waals surface area contributed by atoms with Gasteiger partial charge >= 0.3 is 0 Å². The van der Waals surface area contributed by atoms with Crippen molar-refractivity contribution in [1.29, 1.82) is 0 Å². The van der Waals surface area contributed by atoms with Gasteiger partial charge in [0.05, 0.1) is 12.4 Å². The number of H-pyrrole nitrogens is 1. The van der Waals surface area contributed by atoms with Crippen LogP contribution in [0.4, 0.5) is 5.95 Å². The Balaban J connectivity index is 2.15. The molecule has 0 spiro atoms. The van der Waals surface area contributed by atoms with E-state index < -0.39 is 29.6 Å². The van der Waals surface area contributed by atoms with Crippen LogP contribution in [-0.2, 0) is 4.74 Å². The SMILES string of the molecule is [CH2]C[C@H]1O[C@@H](n2cnc3c(=O)[nH]c(N)nc32)[C@](C)(O)[C@@H]1O. The van der Waals surface area contributed by atoms with Crippen molar-refractivity contribution >= 4 is 17.1 Å². The third-order valence-corrected chi connectivity index (χ3v) is 3.74. The van der Waals surface area contributed by atoms with E-state index in [1.807, 2.05) is 0 Å². The van der Waals surface area contributed by atoms with Gasteiger partial charge in [0, 0.05) is 0 Å². The maximum absolute atomic E-state index is 11.8. The van der Waals surface area contributed by atoms with Gasteiger partial charge in [-0.1, -0.05) is 6.92 Å². The molecule has 1 fully saturated rings. The molecule has 2 aromatic heterocycles. The fourth-order valence-electron chi connectivity index (χ4n) is 2.59. The molecule has 3 heterocycles. The number of rotatable bonds is 2. The summed E-state index contributed by atoms with van der Waals surface area (Å²) in [5.41, 5.74) is 3.73. The molecule has 21 heavy (non-hydrogen) atoms. The van der Waals surface area contributed by atoms with Gasteiger partial charge in [-0.25, -0.2) is 4.98 Å². The number of nitrogens with zero attached hydrogens (tertiary/aromatic N) is 3. The van der Waals surface area contributed by atoms with Crippen molar-refractivity contribution in [3.05, 3.63) is 23.6 Å². The first-order chi connectivity index (χ1) is 9.86. The molecule has 1 aliphatic heterocycles. The van der Waals surface area contributed by atoms with Gasteiger partial charge in [-0.15, -0.1) is 0 Å². The van der Waals surface area contributed by atoms with Crippen molar-refractivity contribution in [2.24, 2.45) is 0 Å². The minimum absolute atomic E-state index is 0.0684. The van der Waals surface area contributed by atoms with Crippen LogP contribution in [0.1, 0.15) is 19.6 Å². The van der Waals surface area contributed by atoms with Gasteiger partial charge in [-0.2, -0.15) is 4.98 Å². The summed E-state index contributed by atoms with van der Waals surface area (Å²) in [6.45, 7) is 5.12. The number of nitrogens with one attached hydrogen (secondary N) is 1. The molecule has 5 N–H and O–H groups in total. The fraction of sp³-hybridized carbons (Fsp3) is 0.500. The summed E-state index contributed by atoms with van der Waals surface area (Å²) < 4.78 is 7.03. The Morgan fingerprint density at radius 2 is 2.38 bits per heavy atom. The summed E-state index contributed by atoms with van der Waals surface area (Å²) in [4.78, 5) is 22.1. The molecule has 2 aromatic rings. The van der Waals surface area contributed by atoms with E-state index in [-0.39, 0.29) is 23.5 Å². The van der Waals surface area contributed by atoms with Crippen LogP contribution in [0.15, 0.2) is 11.1 Å². The number of hydrogen-bond donors (Lipinski definition) is 4. The second-order valence-electron chi connectivity index (χ2n) is 5.26. The number of nitrogens with two attached hydrogens (primary N) is 1. The van der Waals surface area contributed by atoms with Crippen molar-refractivity contribution in [3.8, 4) is 0 Å². The van der Waals surface area contributed by atoms with Gasteiger partial charge in [-0.3, -0.25) is 14.3 Å². The number of aromatic nitrogens is 4. The highest BCUT2D eigenvalue weighted by molar-refractivity contribution is 5.70. The van der Waals surface area contributed by atoms with Gasteiger partial charge < -0.3 is 20.7 Å². The minimum Gasteiger partial charge on any atom is -0.387 e. The van der Waals surface area contributed by atoms with E-state index in [9.17, 15) is 15.0 Å². The largest absolute Gasteiger partial charge is 0.387 e. The number of aliphatic hydroxyl groups is 2. The maximum atomic E-state index is 11.8. The highest BCUT2D eigenvalue weighted by Crippen LogP contribution is 2.40. The van der Waals surface area contributed by atoms with Crippen LogP contribution in [0.25, 0.3) is 11.2 Å². The van der Waals surface area contributed by atoms with E-state index in [1.54, 1.807) is 0 Å². The smallest absolute Gasteiger partial charge is 0.280 e. The van der Waals surface area contributed by atoms with Crippen molar-refractivity contribution < 1.29 is 14.9 Å². The zero-order chi connectivity index (χ0) is 15.4. The number of fused-ring (bicyclic) bond motifs is 1. The standard InChI is InChI=1S/C12H16N5O4/c1-3-5-7(18)12(2,20)10(21-5)17-4-14-6-8(17)15-11(13)16-9(6)19/h4-5,7,10,18,20H,1,3H2,2H3,(H3,13,15,16,19)/t5-,7-,10-,12-/m1/s1. The Kier molecular flexibility index (Phi) is 3.01. The van der Waals surface area contributed by atoms with Crippen LogP contribution >= 0.6 is 0 Å². The number of aliphatic hydroxyl groups excluding tert-OH is 1. The van der Waals surface area contributed by atoms with E-state index in [0.717, 1.165) is 0 Å². The molecule has 9 nitrogen and oxygen atoms in total. The Morgan fingerprint density at radius 1 is 1.67 bits per heavy atom. The maximum Gasteiger partial charge on any atom is 0.280 e. The first kappa shape index (κ1) is 14.0. The van der Waals surface area contributed by atoms with Crippen molar-refractivity contribution in [1.82, 2.24) is 19.5 Å². The van der Waals surface area contributed by atoms with Crippen LogP contribution in [0, 0.1) is 6.92 Å². The zero-order valence-electron chi connectivity index (χ0n) is 11.4. The summed E-state index contributed by atoms with van der Waals surface area (Å²) in [6, 6.07) is 0.